The highest BCUT2D eigenvalue weighted by Crippen LogP contribution is 2.24. The Morgan fingerprint density at radius 2 is 1.33 bits per heavy atom. The Labute approximate surface area is 428 Å². The third-order valence-corrected chi connectivity index (χ3v) is 12.9. The summed E-state index contributed by atoms with van der Waals surface area (Å²) in [6, 6.07) is 18.1. The van der Waals surface area contributed by atoms with Crippen LogP contribution in [0.1, 0.15) is 82.3 Å². The Kier molecular flexibility index (Phi) is 23.5. The van der Waals surface area contributed by atoms with E-state index in [-0.39, 0.29) is 68.7 Å². The maximum absolute atomic E-state index is 14.8. The van der Waals surface area contributed by atoms with Crippen molar-refractivity contribution in [3.8, 4) is 12.3 Å². The summed E-state index contributed by atoms with van der Waals surface area (Å²) in [7, 11) is -4.74. The number of Topliss-reactive ketones (excluding diaryl/α,β-unsaturated/α-hetero) is 1. The number of morpholine rings is 1. The Hall–Kier alpha value is -6.66. The summed E-state index contributed by atoms with van der Waals surface area (Å²) < 4.78 is 48.4. The minimum Gasteiger partial charge on any atom is -0.435 e. The monoisotopic (exact) mass is 1030 g/mol. The third-order valence-electron chi connectivity index (χ3n) is 11.6. The molecule has 0 saturated carbocycles. The van der Waals surface area contributed by atoms with E-state index in [9.17, 15) is 42.0 Å². The molecule has 0 aliphatic carbocycles. The van der Waals surface area contributed by atoms with E-state index in [1.165, 1.54) is 19.1 Å². The lowest BCUT2D eigenvalue weighted by Gasteiger charge is -2.32. The van der Waals surface area contributed by atoms with Crippen molar-refractivity contribution in [2.24, 2.45) is 11.8 Å². The van der Waals surface area contributed by atoms with E-state index in [0.29, 0.717) is 38.3 Å². The van der Waals surface area contributed by atoms with Gasteiger partial charge in [-0.1, -0.05) is 100 Å². The molecule has 1 aliphatic rings. The maximum Gasteiger partial charge on any atom is 0.509 e. The molecule has 5 N–H and O–H groups in total. The second kappa shape index (κ2) is 29.1. The van der Waals surface area contributed by atoms with E-state index >= 15 is 0 Å². The van der Waals surface area contributed by atoms with E-state index in [2.05, 4.69) is 32.5 Å². The predicted octanol–water partition coefficient (Wildman–Crippen LogP) is 3.49. The smallest absolute Gasteiger partial charge is 0.435 e. The fraction of sp³-hybridized carbons (Fsp3) is 0.491. The normalized spacial score (nSPS) is 15.3. The van der Waals surface area contributed by atoms with Crippen LogP contribution in [0.25, 0.3) is 0 Å². The van der Waals surface area contributed by atoms with Gasteiger partial charge in [0.05, 0.1) is 43.8 Å². The molecule has 4 rings (SSSR count). The molecule has 0 aromatic heterocycles. The number of carbonyl (C=O) groups excluding carboxylic acids is 7. The summed E-state index contributed by atoms with van der Waals surface area (Å²) >= 11 is 0. The van der Waals surface area contributed by atoms with Gasteiger partial charge in [-0.05, 0) is 80.7 Å². The quantitative estimate of drug-likeness (QED) is 0.0397. The van der Waals surface area contributed by atoms with Crippen LogP contribution in [0.3, 0.4) is 0 Å². The largest absolute Gasteiger partial charge is 0.509 e. The summed E-state index contributed by atoms with van der Waals surface area (Å²) in [5, 5.41) is 13.7. The van der Waals surface area contributed by atoms with Gasteiger partial charge in [0.2, 0.25) is 29.4 Å². The molecule has 20 heteroatoms. The average molecular weight is 1030 g/mol. The minimum absolute atomic E-state index is 0.0480. The van der Waals surface area contributed by atoms with Crippen molar-refractivity contribution in [1.29, 1.82) is 0 Å². The van der Waals surface area contributed by atoms with Gasteiger partial charge >= 0.3 is 6.16 Å². The zero-order valence-corrected chi connectivity index (χ0v) is 43.3. The van der Waals surface area contributed by atoms with E-state index in [1.807, 2.05) is 49.1 Å². The highest BCUT2D eigenvalue weighted by atomic mass is 32.2. The summed E-state index contributed by atoms with van der Waals surface area (Å²) in [5.41, 5.74) is -0.884. The number of aryl methyl sites for hydroxylation is 1. The van der Waals surface area contributed by atoms with E-state index < -0.39 is 87.0 Å². The van der Waals surface area contributed by atoms with Crippen molar-refractivity contribution in [2.75, 3.05) is 52.6 Å². The van der Waals surface area contributed by atoms with Crippen LogP contribution in [0.2, 0.25) is 0 Å². The first-order valence-corrected chi connectivity index (χ1v) is 25.8. The van der Waals surface area contributed by atoms with Crippen molar-refractivity contribution in [3.63, 3.8) is 0 Å². The molecule has 1 fully saturated rings. The number of amides is 5. The van der Waals surface area contributed by atoms with Gasteiger partial charge in [0.15, 0.2) is 5.60 Å². The second-order valence-corrected chi connectivity index (χ2v) is 20.3. The SMILES string of the molecule is C#CCNC(=O)c1cccc(S(=O)(=O)OCC(C)(OC(=O)OCC)C(=O)C(CC(C)C)NC(=O)C(Cc2ccccc2)NC(=O)C(CC(C)C)NC(=O)C(CCc2ccccc2)NC(=O)CN2CCOCC2)c1. The first kappa shape index (κ1) is 58.9. The number of rotatable bonds is 28. The topological polar surface area (TPSA) is 254 Å². The lowest BCUT2D eigenvalue weighted by Crippen LogP contribution is -2.60. The van der Waals surface area contributed by atoms with Crippen molar-refractivity contribution in [1.82, 2.24) is 31.5 Å². The highest BCUT2D eigenvalue weighted by Gasteiger charge is 2.45. The third kappa shape index (κ3) is 19.7. The number of carbonyl (C=O) groups is 7. The number of ether oxygens (including phenoxy) is 3. The highest BCUT2D eigenvalue weighted by molar-refractivity contribution is 7.86. The Morgan fingerprint density at radius 3 is 1.95 bits per heavy atom. The average Bonchev–Trinajstić information content (AvgIpc) is 3.36. The zero-order chi connectivity index (χ0) is 53.6. The van der Waals surface area contributed by atoms with Gasteiger partial charge in [0, 0.05) is 25.1 Å². The van der Waals surface area contributed by atoms with Gasteiger partial charge < -0.3 is 40.8 Å². The lowest BCUT2D eigenvalue weighted by molar-refractivity contribution is -0.146. The summed E-state index contributed by atoms with van der Waals surface area (Å²) in [4.78, 5) is 98.4. The molecule has 5 unspecified atom stereocenters. The predicted molar refractivity (Wildman–Crippen MR) is 271 cm³/mol. The van der Waals surface area contributed by atoms with Gasteiger partial charge in [-0.15, -0.1) is 6.42 Å². The Morgan fingerprint density at radius 1 is 0.753 bits per heavy atom. The molecule has 1 aliphatic heterocycles. The lowest BCUT2D eigenvalue weighted by atomic mass is 9.90. The number of ketones is 1. The molecular formula is C53H70N6O13S. The van der Waals surface area contributed by atoms with E-state index in [1.54, 1.807) is 44.2 Å². The Bertz CT molecular complexity index is 2480. The van der Waals surface area contributed by atoms with Crippen molar-refractivity contribution < 1.29 is 60.4 Å². The van der Waals surface area contributed by atoms with Crippen LogP contribution in [0.4, 0.5) is 4.79 Å². The molecule has 396 valence electrons. The first-order valence-electron chi connectivity index (χ1n) is 24.4. The molecule has 1 saturated heterocycles. The molecule has 1 heterocycles. The van der Waals surface area contributed by atoms with Crippen LogP contribution in [0, 0.1) is 24.2 Å². The van der Waals surface area contributed by atoms with Gasteiger partial charge in [0.1, 0.15) is 24.7 Å². The molecular weight excluding hydrogens is 961 g/mol. The van der Waals surface area contributed by atoms with Crippen LogP contribution in [-0.4, -0.2) is 137 Å². The van der Waals surface area contributed by atoms with Gasteiger partial charge in [-0.3, -0.25) is 37.9 Å². The first-order chi connectivity index (χ1) is 34.7. The van der Waals surface area contributed by atoms with Crippen molar-refractivity contribution in [3.05, 3.63) is 102 Å². The number of benzene rings is 3. The van der Waals surface area contributed by atoms with E-state index in [0.717, 1.165) is 24.6 Å². The molecule has 0 radical (unpaired) electrons. The van der Waals surface area contributed by atoms with Crippen LogP contribution < -0.4 is 26.6 Å². The summed E-state index contributed by atoms with van der Waals surface area (Å²) in [5.74, 6) is -2.28. The molecule has 5 atom stereocenters. The Balaban J connectivity index is 1.62. The maximum atomic E-state index is 14.8. The molecule has 3 aromatic carbocycles. The zero-order valence-electron chi connectivity index (χ0n) is 42.5. The summed E-state index contributed by atoms with van der Waals surface area (Å²) in [6.45, 7) is 10.6. The summed E-state index contributed by atoms with van der Waals surface area (Å²) in [6.07, 6.45) is 4.60. The molecule has 19 nitrogen and oxygen atoms in total. The van der Waals surface area contributed by atoms with Gasteiger partial charge in [-0.25, -0.2) is 4.79 Å². The number of hydrogen-bond acceptors (Lipinski definition) is 14. The second-order valence-electron chi connectivity index (χ2n) is 18.7. The van der Waals surface area contributed by atoms with Crippen molar-refractivity contribution in [2.45, 2.75) is 108 Å². The molecule has 0 bridgehead atoms. The molecule has 5 amide bonds. The van der Waals surface area contributed by atoms with Crippen LogP contribution in [0.5, 0.6) is 0 Å². The standard InChI is InChI=1S/C53H70N6O13S/c1-8-25-54-48(62)40-21-16-22-41(33-40)73(67,68)71-35-53(7,72-52(66)70-9-2)47(61)43(30-36(3)4)56-51(65)45(32-39-19-14-11-15-20-39)58-50(64)44(31-37(5)6)57-49(63)42(24-23-38-17-12-10-13-18-38)55-46(60)34-59-26-28-69-29-27-59/h1,10-22,33,36-37,42-45H,9,23-32,34-35H2,2-7H3,(H,54,62)(H,55,60)(H,56,65)(H,57,63)(H,58,64). The number of nitrogens with zero attached hydrogens (tertiary/aromatic N) is 1. The molecule has 73 heavy (non-hydrogen) atoms. The molecule has 0 spiro atoms. The number of nitrogens with one attached hydrogen (secondary N) is 5. The fourth-order valence-electron chi connectivity index (χ4n) is 7.84. The van der Waals surface area contributed by atoms with Crippen LogP contribution in [-0.2, 0) is 65.3 Å². The van der Waals surface area contributed by atoms with Gasteiger partial charge in [-0.2, -0.15) is 8.42 Å². The number of terminal acetylenes is 1. The fourth-order valence-corrected chi connectivity index (χ4v) is 8.88. The van der Waals surface area contributed by atoms with E-state index in [4.69, 9.17) is 24.8 Å². The van der Waals surface area contributed by atoms with Crippen molar-refractivity contribution >= 4 is 51.6 Å². The molecule has 3 aromatic rings. The van der Waals surface area contributed by atoms with Crippen LogP contribution >= 0.6 is 0 Å². The van der Waals surface area contributed by atoms with Crippen LogP contribution in [0.15, 0.2) is 89.8 Å². The van der Waals surface area contributed by atoms with Gasteiger partial charge in [0.25, 0.3) is 16.0 Å². The number of hydrogen-bond donors (Lipinski definition) is 5. The minimum atomic E-state index is -4.74.